The highest BCUT2D eigenvalue weighted by Crippen LogP contribution is 2.26. The van der Waals surface area contributed by atoms with Crippen LogP contribution in [-0.4, -0.2) is 28.6 Å². The first-order valence-electron chi connectivity index (χ1n) is 5.96. The number of hydrogen-bond acceptors (Lipinski definition) is 3. The van der Waals surface area contributed by atoms with E-state index in [4.69, 9.17) is 10.8 Å². The van der Waals surface area contributed by atoms with E-state index in [1.807, 2.05) is 24.0 Å². The molecule has 0 aliphatic carbocycles. The van der Waals surface area contributed by atoms with Crippen molar-refractivity contribution in [3.8, 4) is 0 Å². The van der Waals surface area contributed by atoms with Gasteiger partial charge in [-0.3, -0.25) is 9.69 Å². The molecule has 0 fully saturated rings. The van der Waals surface area contributed by atoms with Gasteiger partial charge in [-0.1, -0.05) is 19.1 Å². The lowest BCUT2D eigenvalue weighted by molar-refractivity contribution is -0.143. The van der Waals surface area contributed by atoms with E-state index in [2.05, 4.69) is 6.07 Å². The van der Waals surface area contributed by atoms with Gasteiger partial charge in [0, 0.05) is 18.8 Å². The summed E-state index contributed by atoms with van der Waals surface area (Å²) in [5.74, 6) is -0.745. The lowest BCUT2D eigenvalue weighted by atomic mass is 9.96. The van der Waals surface area contributed by atoms with Gasteiger partial charge in [-0.2, -0.15) is 0 Å². The third kappa shape index (κ3) is 2.26. The number of nitrogens with zero attached hydrogens (tertiary/aromatic N) is 1. The number of hydrogen-bond donors (Lipinski definition) is 2. The minimum atomic E-state index is -0.745. The molecule has 1 aliphatic rings. The van der Waals surface area contributed by atoms with Gasteiger partial charge in [0.1, 0.15) is 6.04 Å². The fraction of sp³-hybridized carbons (Fsp3) is 0.462. The van der Waals surface area contributed by atoms with Gasteiger partial charge in [0.25, 0.3) is 0 Å². The van der Waals surface area contributed by atoms with E-state index in [0.717, 1.165) is 24.2 Å². The first-order chi connectivity index (χ1) is 8.13. The predicted octanol–water partition coefficient (Wildman–Crippen LogP) is 1.49. The molecule has 0 amide bonds. The Morgan fingerprint density at radius 3 is 3.00 bits per heavy atom. The minimum Gasteiger partial charge on any atom is -0.480 e. The third-order valence-corrected chi connectivity index (χ3v) is 3.45. The molecule has 1 aliphatic heterocycles. The van der Waals surface area contributed by atoms with Gasteiger partial charge in [-0.25, -0.2) is 0 Å². The second-order valence-electron chi connectivity index (χ2n) is 4.47. The molecule has 0 saturated heterocycles. The van der Waals surface area contributed by atoms with E-state index in [-0.39, 0.29) is 0 Å². The molecule has 92 valence electrons. The number of nitrogen functional groups attached to an aromatic ring is 1. The number of benzene rings is 1. The fourth-order valence-corrected chi connectivity index (χ4v) is 2.48. The Kier molecular flexibility index (Phi) is 3.33. The van der Waals surface area contributed by atoms with E-state index in [1.165, 1.54) is 5.56 Å². The summed E-state index contributed by atoms with van der Waals surface area (Å²) in [6.07, 6.45) is 1.50. The van der Waals surface area contributed by atoms with E-state index < -0.39 is 12.0 Å². The molecule has 0 aromatic heterocycles. The molecule has 4 heteroatoms. The van der Waals surface area contributed by atoms with Gasteiger partial charge in [0.2, 0.25) is 0 Å². The molecule has 1 unspecified atom stereocenters. The molecule has 0 saturated carbocycles. The summed E-state index contributed by atoms with van der Waals surface area (Å²) in [5.41, 5.74) is 9.07. The minimum absolute atomic E-state index is 0.400. The summed E-state index contributed by atoms with van der Waals surface area (Å²) in [6.45, 7) is 3.34. The standard InChI is InChI=1S/C13H18N2O2/c1-2-12(13(16)17)15-7-6-9-4-3-5-11(14)10(9)8-15/h3-5,12H,2,6-8,14H2,1H3,(H,16,17). The molecule has 0 bridgehead atoms. The highest BCUT2D eigenvalue weighted by molar-refractivity contribution is 5.73. The summed E-state index contributed by atoms with van der Waals surface area (Å²) in [7, 11) is 0. The zero-order valence-electron chi connectivity index (χ0n) is 10.0. The van der Waals surface area contributed by atoms with Crippen LogP contribution >= 0.6 is 0 Å². The lowest BCUT2D eigenvalue weighted by Crippen LogP contribution is -2.43. The van der Waals surface area contributed by atoms with Crippen LogP contribution in [0.25, 0.3) is 0 Å². The molecule has 1 aromatic rings. The summed E-state index contributed by atoms with van der Waals surface area (Å²) in [5, 5.41) is 9.17. The van der Waals surface area contributed by atoms with Gasteiger partial charge in [0.05, 0.1) is 0 Å². The molecule has 2 rings (SSSR count). The molecular formula is C13H18N2O2. The Hall–Kier alpha value is -1.55. The highest BCUT2D eigenvalue weighted by Gasteiger charge is 2.27. The summed E-state index contributed by atoms with van der Waals surface area (Å²) in [4.78, 5) is 13.2. The number of carbonyl (C=O) groups is 1. The van der Waals surface area contributed by atoms with Crippen LogP contribution in [-0.2, 0) is 17.8 Å². The van der Waals surface area contributed by atoms with Crippen LogP contribution in [0.3, 0.4) is 0 Å². The van der Waals surface area contributed by atoms with Crippen molar-refractivity contribution in [2.75, 3.05) is 12.3 Å². The van der Waals surface area contributed by atoms with E-state index in [1.54, 1.807) is 0 Å². The SMILES string of the molecule is CCC(C(=O)O)N1CCc2cccc(N)c2C1. The quantitative estimate of drug-likeness (QED) is 0.778. The molecule has 1 atom stereocenters. The van der Waals surface area contributed by atoms with Gasteiger partial charge < -0.3 is 10.8 Å². The van der Waals surface area contributed by atoms with Gasteiger partial charge in [0.15, 0.2) is 0 Å². The molecule has 17 heavy (non-hydrogen) atoms. The van der Waals surface area contributed by atoms with Crippen molar-refractivity contribution < 1.29 is 9.90 Å². The van der Waals surface area contributed by atoms with Crippen LogP contribution in [0.1, 0.15) is 24.5 Å². The number of nitrogens with two attached hydrogens (primary N) is 1. The number of rotatable bonds is 3. The van der Waals surface area contributed by atoms with Crippen molar-refractivity contribution in [3.63, 3.8) is 0 Å². The van der Waals surface area contributed by atoms with Crippen molar-refractivity contribution in [2.24, 2.45) is 0 Å². The zero-order valence-corrected chi connectivity index (χ0v) is 10.0. The predicted molar refractivity (Wildman–Crippen MR) is 66.7 cm³/mol. The van der Waals surface area contributed by atoms with Crippen molar-refractivity contribution >= 4 is 11.7 Å². The third-order valence-electron chi connectivity index (χ3n) is 3.45. The van der Waals surface area contributed by atoms with E-state index >= 15 is 0 Å². The molecular weight excluding hydrogens is 216 g/mol. The average Bonchev–Trinajstić information content (AvgIpc) is 2.30. The molecule has 3 N–H and O–H groups in total. The zero-order chi connectivity index (χ0) is 12.4. The van der Waals surface area contributed by atoms with Crippen molar-refractivity contribution in [1.82, 2.24) is 4.90 Å². The van der Waals surface area contributed by atoms with Gasteiger partial charge in [-0.05, 0) is 30.0 Å². The normalized spacial score (nSPS) is 17.5. The van der Waals surface area contributed by atoms with Crippen LogP contribution in [0.2, 0.25) is 0 Å². The average molecular weight is 234 g/mol. The molecule has 0 radical (unpaired) electrons. The fourth-order valence-electron chi connectivity index (χ4n) is 2.48. The smallest absolute Gasteiger partial charge is 0.320 e. The number of carboxylic acid groups (broad SMARTS) is 1. The van der Waals surface area contributed by atoms with Crippen molar-refractivity contribution in [1.29, 1.82) is 0 Å². The number of fused-ring (bicyclic) bond motifs is 1. The maximum Gasteiger partial charge on any atom is 0.320 e. The number of carboxylic acids is 1. The van der Waals surface area contributed by atoms with Crippen LogP contribution in [0.5, 0.6) is 0 Å². The Bertz CT molecular complexity index is 431. The first kappa shape index (κ1) is 11.9. The maximum absolute atomic E-state index is 11.2. The second-order valence-corrected chi connectivity index (χ2v) is 4.47. The Balaban J connectivity index is 2.23. The van der Waals surface area contributed by atoms with Gasteiger partial charge >= 0.3 is 5.97 Å². The van der Waals surface area contributed by atoms with Crippen LogP contribution < -0.4 is 5.73 Å². The Morgan fingerprint density at radius 1 is 1.59 bits per heavy atom. The van der Waals surface area contributed by atoms with Crippen molar-refractivity contribution in [2.45, 2.75) is 32.4 Å². The van der Waals surface area contributed by atoms with Crippen LogP contribution in [0, 0.1) is 0 Å². The molecule has 0 spiro atoms. The first-order valence-corrected chi connectivity index (χ1v) is 5.96. The van der Waals surface area contributed by atoms with Crippen LogP contribution in [0.15, 0.2) is 18.2 Å². The summed E-state index contributed by atoms with van der Waals surface area (Å²) < 4.78 is 0. The van der Waals surface area contributed by atoms with Crippen molar-refractivity contribution in [3.05, 3.63) is 29.3 Å². The monoisotopic (exact) mass is 234 g/mol. The molecule has 4 nitrogen and oxygen atoms in total. The maximum atomic E-state index is 11.2. The largest absolute Gasteiger partial charge is 0.480 e. The number of anilines is 1. The lowest BCUT2D eigenvalue weighted by Gasteiger charge is -2.33. The van der Waals surface area contributed by atoms with E-state index in [9.17, 15) is 4.79 Å². The highest BCUT2D eigenvalue weighted by atomic mass is 16.4. The molecule has 1 aromatic carbocycles. The molecule has 1 heterocycles. The number of aliphatic carboxylic acids is 1. The second kappa shape index (κ2) is 4.75. The summed E-state index contributed by atoms with van der Waals surface area (Å²) >= 11 is 0. The van der Waals surface area contributed by atoms with Crippen LogP contribution in [0.4, 0.5) is 5.69 Å². The van der Waals surface area contributed by atoms with E-state index in [0.29, 0.717) is 13.0 Å². The Labute approximate surface area is 101 Å². The Morgan fingerprint density at radius 2 is 2.35 bits per heavy atom. The van der Waals surface area contributed by atoms with Gasteiger partial charge in [-0.15, -0.1) is 0 Å². The topological polar surface area (TPSA) is 66.6 Å². The summed E-state index contributed by atoms with van der Waals surface area (Å²) in [6, 6.07) is 5.51.